The Morgan fingerprint density at radius 3 is 2.55 bits per heavy atom. The summed E-state index contributed by atoms with van der Waals surface area (Å²) in [5.74, 6) is 1.44. The van der Waals surface area contributed by atoms with Crippen molar-refractivity contribution in [1.82, 2.24) is 15.2 Å². The Balaban J connectivity index is 1.75. The highest BCUT2D eigenvalue weighted by Gasteiger charge is 2.13. The van der Waals surface area contributed by atoms with E-state index in [2.05, 4.69) is 41.3 Å². The molecule has 1 aromatic carbocycles. The fraction of sp³-hybridized carbons (Fsp3) is 0.357. The van der Waals surface area contributed by atoms with Crippen molar-refractivity contribution in [1.29, 1.82) is 0 Å². The molecule has 1 N–H and O–H groups in total. The van der Waals surface area contributed by atoms with Crippen LogP contribution in [-0.2, 0) is 0 Å². The summed E-state index contributed by atoms with van der Waals surface area (Å²) in [5.41, 5.74) is 0.950. The highest BCUT2D eigenvalue weighted by atomic mass is 79.9. The minimum atomic E-state index is 0.537. The first-order chi connectivity index (χ1) is 9.81. The van der Waals surface area contributed by atoms with E-state index in [1.807, 2.05) is 24.3 Å². The summed E-state index contributed by atoms with van der Waals surface area (Å²) >= 11 is 3.42. The summed E-state index contributed by atoms with van der Waals surface area (Å²) in [6.07, 6.45) is 5.48. The van der Waals surface area contributed by atoms with Gasteiger partial charge in [-0.05, 0) is 43.5 Å². The fourth-order valence-corrected chi connectivity index (χ4v) is 2.55. The molecule has 0 spiro atoms. The van der Waals surface area contributed by atoms with Gasteiger partial charge in [0.1, 0.15) is 0 Å². The maximum atomic E-state index is 4.54. The lowest BCUT2D eigenvalue weighted by Crippen LogP contribution is -2.30. The largest absolute Gasteiger partial charge is 0.355 e. The lowest BCUT2D eigenvalue weighted by Gasteiger charge is -2.27. The van der Waals surface area contributed by atoms with Crippen LogP contribution in [0.3, 0.4) is 0 Å². The van der Waals surface area contributed by atoms with Gasteiger partial charge in [-0.25, -0.2) is 0 Å². The Labute approximate surface area is 126 Å². The van der Waals surface area contributed by atoms with Gasteiger partial charge in [0.25, 0.3) is 0 Å². The zero-order valence-corrected chi connectivity index (χ0v) is 12.7. The Morgan fingerprint density at radius 2 is 1.80 bits per heavy atom. The number of aromatic nitrogens is 3. The second-order valence-electron chi connectivity index (χ2n) is 4.82. The molecule has 6 heteroatoms. The van der Waals surface area contributed by atoms with Gasteiger partial charge in [0, 0.05) is 23.2 Å². The van der Waals surface area contributed by atoms with Crippen LogP contribution in [0.4, 0.5) is 17.5 Å². The van der Waals surface area contributed by atoms with E-state index in [1.165, 1.54) is 19.3 Å². The molecule has 0 radical (unpaired) electrons. The molecule has 0 saturated carbocycles. The number of nitrogens with zero attached hydrogens (tertiary/aromatic N) is 4. The fourth-order valence-electron chi connectivity index (χ4n) is 2.29. The first kappa shape index (κ1) is 13.3. The molecule has 1 aromatic heterocycles. The molecule has 0 aliphatic carbocycles. The molecule has 5 nitrogen and oxygen atoms in total. The first-order valence-corrected chi connectivity index (χ1v) is 7.58. The van der Waals surface area contributed by atoms with Crippen molar-refractivity contribution < 1.29 is 0 Å². The predicted molar refractivity (Wildman–Crippen MR) is 83.3 cm³/mol. The summed E-state index contributed by atoms with van der Waals surface area (Å²) < 4.78 is 1.05. The van der Waals surface area contributed by atoms with E-state index >= 15 is 0 Å². The maximum Gasteiger partial charge on any atom is 0.249 e. The number of nitrogens with one attached hydrogen (secondary N) is 1. The van der Waals surface area contributed by atoms with Gasteiger partial charge in [-0.3, -0.25) is 0 Å². The number of rotatable bonds is 3. The van der Waals surface area contributed by atoms with Gasteiger partial charge in [0.2, 0.25) is 5.95 Å². The molecule has 2 heterocycles. The van der Waals surface area contributed by atoms with E-state index in [9.17, 15) is 0 Å². The summed E-state index contributed by atoms with van der Waals surface area (Å²) in [6, 6.07) is 7.90. The molecule has 2 aromatic rings. The van der Waals surface area contributed by atoms with E-state index in [4.69, 9.17) is 0 Å². The topological polar surface area (TPSA) is 53.9 Å². The first-order valence-electron chi connectivity index (χ1n) is 6.78. The van der Waals surface area contributed by atoms with E-state index in [0.29, 0.717) is 5.95 Å². The Bertz CT molecular complexity index is 566. The molecular formula is C14H16BrN5. The van der Waals surface area contributed by atoms with Crippen LogP contribution in [-0.4, -0.2) is 28.3 Å². The minimum Gasteiger partial charge on any atom is -0.355 e. The second-order valence-corrected chi connectivity index (χ2v) is 5.73. The molecule has 1 saturated heterocycles. The molecule has 104 valence electrons. The number of anilines is 3. The van der Waals surface area contributed by atoms with Crippen LogP contribution in [0.2, 0.25) is 0 Å². The summed E-state index contributed by atoms with van der Waals surface area (Å²) in [7, 11) is 0. The van der Waals surface area contributed by atoms with Crippen LogP contribution >= 0.6 is 15.9 Å². The quantitative estimate of drug-likeness (QED) is 0.933. The van der Waals surface area contributed by atoms with Crippen LogP contribution in [0.25, 0.3) is 0 Å². The van der Waals surface area contributed by atoms with E-state index in [1.54, 1.807) is 6.20 Å². The monoisotopic (exact) mass is 333 g/mol. The number of hydrogen-bond acceptors (Lipinski definition) is 5. The number of hydrogen-bond donors (Lipinski definition) is 1. The smallest absolute Gasteiger partial charge is 0.249 e. The molecular weight excluding hydrogens is 318 g/mol. The molecule has 0 unspecified atom stereocenters. The van der Waals surface area contributed by atoms with Gasteiger partial charge in [-0.2, -0.15) is 10.1 Å². The van der Waals surface area contributed by atoms with Crippen molar-refractivity contribution in [2.75, 3.05) is 23.3 Å². The van der Waals surface area contributed by atoms with Gasteiger partial charge < -0.3 is 10.2 Å². The zero-order chi connectivity index (χ0) is 13.8. The normalized spacial score (nSPS) is 15.2. The van der Waals surface area contributed by atoms with Crippen molar-refractivity contribution in [3.8, 4) is 0 Å². The third-order valence-electron chi connectivity index (χ3n) is 3.33. The van der Waals surface area contributed by atoms with Gasteiger partial charge >= 0.3 is 0 Å². The van der Waals surface area contributed by atoms with Crippen molar-refractivity contribution >= 4 is 33.4 Å². The van der Waals surface area contributed by atoms with Crippen LogP contribution in [0.5, 0.6) is 0 Å². The summed E-state index contributed by atoms with van der Waals surface area (Å²) in [5, 5.41) is 11.3. The van der Waals surface area contributed by atoms with Gasteiger partial charge in [0.05, 0.1) is 6.20 Å². The number of benzene rings is 1. The molecule has 0 bridgehead atoms. The SMILES string of the molecule is Brc1ccc(Nc2nncc(N3CCCCC3)n2)cc1. The van der Waals surface area contributed by atoms with E-state index in [0.717, 1.165) is 29.1 Å². The Hall–Kier alpha value is -1.69. The van der Waals surface area contributed by atoms with Crippen LogP contribution in [0, 0.1) is 0 Å². The summed E-state index contributed by atoms with van der Waals surface area (Å²) in [4.78, 5) is 6.81. The molecule has 1 aliphatic rings. The van der Waals surface area contributed by atoms with Crippen LogP contribution in [0.1, 0.15) is 19.3 Å². The lowest BCUT2D eigenvalue weighted by molar-refractivity contribution is 0.572. The highest BCUT2D eigenvalue weighted by molar-refractivity contribution is 9.10. The molecule has 1 fully saturated rings. The van der Waals surface area contributed by atoms with Gasteiger partial charge in [-0.1, -0.05) is 15.9 Å². The lowest BCUT2D eigenvalue weighted by atomic mass is 10.1. The standard InChI is InChI=1S/C14H16BrN5/c15-11-4-6-12(7-5-11)17-14-18-13(10-16-19-14)20-8-2-1-3-9-20/h4-7,10H,1-3,8-9H2,(H,17,18,19). The average Bonchev–Trinajstić information content (AvgIpc) is 2.51. The maximum absolute atomic E-state index is 4.54. The van der Waals surface area contributed by atoms with E-state index in [-0.39, 0.29) is 0 Å². The molecule has 0 amide bonds. The van der Waals surface area contributed by atoms with Gasteiger partial charge in [-0.15, -0.1) is 5.10 Å². The number of piperidine rings is 1. The summed E-state index contributed by atoms with van der Waals surface area (Å²) in [6.45, 7) is 2.10. The predicted octanol–water partition coefficient (Wildman–Crippen LogP) is 3.37. The Morgan fingerprint density at radius 1 is 1.05 bits per heavy atom. The molecule has 3 rings (SSSR count). The van der Waals surface area contributed by atoms with Gasteiger partial charge in [0.15, 0.2) is 5.82 Å². The minimum absolute atomic E-state index is 0.537. The third kappa shape index (κ3) is 3.25. The second kappa shape index (κ2) is 6.17. The molecule has 0 atom stereocenters. The van der Waals surface area contributed by atoms with Crippen molar-refractivity contribution in [2.24, 2.45) is 0 Å². The zero-order valence-electron chi connectivity index (χ0n) is 11.1. The van der Waals surface area contributed by atoms with Crippen molar-refractivity contribution in [3.05, 3.63) is 34.9 Å². The van der Waals surface area contributed by atoms with E-state index < -0.39 is 0 Å². The average molecular weight is 334 g/mol. The highest BCUT2D eigenvalue weighted by Crippen LogP contribution is 2.20. The van der Waals surface area contributed by atoms with Crippen molar-refractivity contribution in [3.63, 3.8) is 0 Å². The third-order valence-corrected chi connectivity index (χ3v) is 3.86. The van der Waals surface area contributed by atoms with Crippen LogP contribution in [0.15, 0.2) is 34.9 Å². The Kier molecular flexibility index (Phi) is 4.11. The van der Waals surface area contributed by atoms with Crippen molar-refractivity contribution in [2.45, 2.75) is 19.3 Å². The molecule has 20 heavy (non-hydrogen) atoms. The number of halogens is 1. The van der Waals surface area contributed by atoms with Crippen LogP contribution < -0.4 is 10.2 Å². The molecule has 1 aliphatic heterocycles.